The molecular weight excluding hydrogens is 392 g/mol. The van der Waals surface area contributed by atoms with Crippen LogP contribution in [0.1, 0.15) is 24.0 Å². The van der Waals surface area contributed by atoms with E-state index in [0.717, 1.165) is 19.1 Å². The summed E-state index contributed by atoms with van der Waals surface area (Å²) in [4.78, 5) is 12.6. The maximum absolute atomic E-state index is 12.6. The predicted octanol–water partition coefficient (Wildman–Crippen LogP) is 0.908. The van der Waals surface area contributed by atoms with Gasteiger partial charge in [0.2, 0.25) is 0 Å². The SMILES string of the molecule is CS(=O)(=O)OCc1cc(-c2ccc(C[SH](=O)=O)cc2)nn(CC2CC2)c1=O. The zero-order valence-corrected chi connectivity index (χ0v) is 16.4. The molecule has 1 aromatic heterocycles. The standard InChI is InChI=1S/C17H20N2O6S2/c1-27(23,24)25-10-15-8-16(18-19(17(15)20)9-12-2-3-12)14-6-4-13(5-7-14)11-26(21)22/h4-8,12,26H,2-3,9-11H2,1H3. The molecule has 8 nitrogen and oxygen atoms in total. The van der Waals surface area contributed by atoms with Crippen molar-refractivity contribution in [1.82, 2.24) is 9.78 Å². The van der Waals surface area contributed by atoms with Crippen LogP contribution in [-0.4, -0.2) is 32.9 Å². The van der Waals surface area contributed by atoms with Gasteiger partial charge in [-0.2, -0.15) is 13.5 Å². The summed E-state index contributed by atoms with van der Waals surface area (Å²) >= 11 is 0. The van der Waals surface area contributed by atoms with E-state index in [4.69, 9.17) is 4.18 Å². The molecule has 1 aliphatic carbocycles. The maximum atomic E-state index is 12.6. The smallest absolute Gasteiger partial charge is 0.267 e. The largest absolute Gasteiger partial charge is 0.272 e. The van der Waals surface area contributed by atoms with Crippen LogP contribution in [0.5, 0.6) is 0 Å². The van der Waals surface area contributed by atoms with E-state index in [9.17, 15) is 21.6 Å². The van der Waals surface area contributed by atoms with Crippen LogP contribution < -0.4 is 5.56 Å². The van der Waals surface area contributed by atoms with E-state index in [1.807, 2.05) is 0 Å². The van der Waals surface area contributed by atoms with E-state index >= 15 is 0 Å². The first-order chi connectivity index (χ1) is 12.7. The summed E-state index contributed by atoms with van der Waals surface area (Å²) in [7, 11) is -6.19. The van der Waals surface area contributed by atoms with Crippen LogP contribution in [0.15, 0.2) is 35.1 Å². The lowest BCUT2D eigenvalue weighted by Gasteiger charge is -2.11. The molecule has 1 heterocycles. The summed E-state index contributed by atoms with van der Waals surface area (Å²) in [5.41, 5.74) is 1.69. The summed E-state index contributed by atoms with van der Waals surface area (Å²) in [6, 6.07) is 8.34. The van der Waals surface area contributed by atoms with Gasteiger partial charge in [-0.15, -0.1) is 0 Å². The molecule has 3 rings (SSSR count). The lowest BCUT2D eigenvalue weighted by Crippen LogP contribution is -2.28. The minimum atomic E-state index is -3.68. The lowest BCUT2D eigenvalue weighted by atomic mass is 10.1. The minimum absolute atomic E-state index is 0.0440. The van der Waals surface area contributed by atoms with Gasteiger partial charge < -0.3 is 0 Å². The monoisotopic (exact) mass is 412 g/mol. The van der Waals surface area contributed by atoms with Gasteiger partial charge in [0.15, 0.2) is 0 Å². The molecule has 27 heavy (non-hydrogen) atoms. The van der Waals surface area contributed by atoms with Crippen molar-refractivity contribution in [2.24, 2.45) is 5.92 Å². The third-order valence-electron chi connectivity index (χ3n) is 4.17. The highest BCUT2D eigenvalue weighted by molar-refractivity contribution is 7.85. The quantitative estimate of drug-likeness (QED) is 0.506. The maximum Gasteiger partial charge on any atom is 0.272 e. The molecule has 1 aliphatic rings. The van der Waals surface area contributed by atoms with E-state index in [1.165, 1.54) is 10.7 Å². The second-order valence-corrected chi connectivity index (χ2v) is 9.27. The van der Waals surface area contributed by atoms with Crippen molar-refractivity contribution >= 4 is 20.8 Å². The Balaban J connectivity index is 1.96. The summed E-state index contributed by atoms with van der Waals surface area (Å²) in [5.74, 6) is 0.363. The second kappa shape index (κ2) is 7.91. The van der Waals surface area contributed by atoms with Gasteiger partial charge in [0.05, 0.1) is 24.3 Å². The lowest BCUT2D eigenvalue weighted by molar-refractivity contribution is 0.308. The summed E-state index contributed by atoms with van der Waals surface area (Å²) in [5, 5.41) is 4.40. The molecule has 0 amide bonds. The van der Waals surface area contributed by atoms with Crippen LogP contribution >= 0.6 is 0 Å². The Morgan fingerprint density at radius 3 is 2.44 bits per heavy atom. The van der Waals surface area contributed by atoms with Crippen LogP contribution in [0.3, 0.4) is 0 Å². The van der Waals surface area contributed by atoms with Crippen molar-refractivity contribution in [2.75, 3.05) is 6.26 Å². The van der Waals surface area contributed by atoms with Crippen LogP contribution in [-0.2, 0) is 43.9 Å². The van der Waals surface area contributed by atoms with Gasteiger partial charge in [-0.25, -0.2) is 13.1 Å². The normalized spacial score (nSPS) is 14.6. The van der Waals surface area contributed by atoms with E-state index in [-0.39, 0.29) is 23.5 Å². The Hall–Kier alpha value is -2.04. The van der Waals surface area contributed by atoms with Crippen LogP contribution in [0.2, 0.25) is 0 Å². The molecule has 0 atom stereocenters. The van der Waals surface area contributed by atoms with Crippen LogP contribution in [0, 0.1) is 5.92 Å². The van der Waals surface area contributed by atoms with Gasteiger partial charge in [-0.3, -0.25) is 8.98 Å². The minimum Gasteiger partial charge on any atom is -0.267 e. The first kappa shape index (κ1) is 19.7. The Morgan fingerprint density at radius 1 is 1.22 bits per heavy atom. The molecule has 0 spiro atoms. The molecule has 0 saturated heterocycles. The van der Waals surface area contributed by atoms with Gasteiger partial charge in [0, 0.05) is 17.7 Å². The molecule has 0 N–H and O–H groups in total. The average molecular weight is 412 g/mol. The van der Waals surface area contributed by atoms with Crippen LogP contribution in [0.25, 0.3) is 11.3 Å². The first-order valence-corrected chi connectivity index (χ1v) is 11.6. The number of hydrogen-bond donors (Lipinski definition) is 1. The van der Waals surface area contributed by atoms with Gasteiger partial charge in [-0.1, -0.05) is 24.3 Å². The molecule has 1 aromatic carbocycles. The molecule has 0 aliphatic heterocycles. The van der Waals surface area contributed by atoms with Gasteiger partial charge in [0.1, 0.15) is 10.7 Å². The van der Waals surface area contributed by atoms with Crippen molar-refractivity contribution in [3.05, 3.63) is 51.8 Å². The molecule has 146 valence electrons. The molecule has 1 saturated carbocycles. The molecule has 0 radical (unpaired) electrons. The Morgan fingerprint density at radius 2 is 1.89 bits per heavy atom. The number of thiol groups is 1. The van der Waals surface area contributed by atoms with E-state index in [0.29, 0.717) is 29.3 Å². The summed E-state index contributed by atoms with van der Waals surface area (Å²) in [6.07, 6.45) is 3.00. The highest BCUT2D eigenvalue weighted by Gasteiger charge is 2.24. The second-order valence-electron chi connectivity index (χ2n) is 6.64. The summed E-state index contributed by atoms with van der Waals surface area (Å²) < 4.78 is 50.4. The van der Waals surface area contributed by atoms with Gasteiger partial charge >= 0.3 is 0 Å². The zero-order valence-electron chi connectivity index (χ0n) is 14.7. The molecule has 0 unspecified atom stereocenters. The Kier molecular flexibility index (Phi) is 5.78. The molecule has 1 fully saturated rings. The van der Waals surface area contributed by atoms with Crippen molar-refractivity contribution in [1.29, 1.82) is 0 Å². The van der Waals surface area contributed by atoms with Crippen molar-refractivity contribution in [3.63, 3.8) is 0 Å². The first-order valence-electron chi connectivity index (χ1n) is 8.38. The fourth-order valence-electron chi connectivity index (χ4n) is 2.61. The zero-order chi connectivity index (χ0) is 19.6. The fraction of sp³-hybridized carbons (Fsp3) is 0.412. The number of rotatable bonds is 8. The third kappa shape index (κ3) is 5.72. The third-order valence-corrected chi connectivity index (χ3v) is 5.34. The molecular formula is C17H20N2O6S2. The van der Waals surface area contributed by atoms with Crippen LogP contribution in [0.4, 0.5) is 0 Å². The average Bonchev–Trinajstić information content (AvgIpc) is 3.39. The predicted molar refractivity (Wildman–Crippen MR) is 100 cm³/mol. The van der Waals surface area contributed by atoms with E-state index in [1.54, 1.807) is 24.3 Å². The Labute approximate surface area is 158 Å². The van der Waals surface area contributed by atoms with Crippen molar-refractivity contribution in [2.45, 2.75) is 31.7 Å². The summed E-state index contributed by atoms with van der Waals surface area (Å²) in [6.45, 7) is 0.125. The highest BCUT2D eigenvalue weighted by Crippen LogP contribution is 2.30. The number of nitrogens with zero attached hydrogens (tertiary/aromatic N) is 2. The Bertz CT molecular complexity index is 1060. The number of benzene rings is 1. The van der Waals surface area contributed by atoms with E-state index < -0.39 is 20.8 Å². The van der Waals surface area contributed by atoms with Crippen molar-refractivity contribution < 1.29 is 21.0 Å². The fourth-order valence-corrected chi connectivity index (χ4v) is 3.46. The number of hydrogen-bond acceptors (Lipinski definition) is 7. The highest BCUT2D eigenvalue weighted by atomic mass is 32.2. The molecule has 0 bridgehead atoms. The molecule has 2 aromatic rings. The van der Waals surface area contributed by atoms with Gasteiger partial charge in [-0.05, 0) is 30.4 Å². The van der Waals surface area contributed by atoms with Gasteiger partial charge in [0.25, 0.3) is 15.7 Å². The van der Waals surface area contributed by atoms with E-state index in [2.05, 4.69) is 5.10 Å². The molecule has 10 heteroatoms. The van der Waals surface area contributed by atoms with Crippen molar-refractivity contribution in [3.8, 4) is 11.3 Å². The topological polar surface area (TPSA) is 112 Å². The number of aromatic nitrogens is 2.